The van der Waals surface area contributed by atoms with Crippen LogP contribution in [0.15, 0.2) is 72.8 Å². The molecule has 1 fully saturated rings. The predicted octanol–water partition coefficient (Wildman–Crippen LogP) is 5.17. The van der Waals surface area contributed by atoms with Crippen LogP contribution in [0.25, 0.3) is 0 Å². The average molecular weight is 606 g/mol. The monoisotopic (exact) mass is 605 g/mol. The van der Waals surface area contributed by atoms with Crippen LogP contribution in [0.2, 0.25) is 0 Å². The topological polar surface area (TPSA) is 96.0 Å². The van der Waals surface area contributed by atoms with Crippen LogP contribution in [0, 0.1) is 13.8 Å². The lowest BCUT2D eigenvalue weighted by Crippen LogP contribution is -2.55. The zero-order chi connectivity index (χ0) is 31.0. The van der Waals surface area contributed by atoms with Crippen LogP contribution >= 0.6 is 0 Å². The summed E-state index contributed by atoms with van der Waals surface area (Å²) in [6, 6.07) is 21.6. The molecule has 43 heavy (non-hydrogen) atoms. The van der Waals surface area contributed by atoms with Crippen molar-refractivity contribution in [3.63, 3.8) is 0 Å². The number of amides is 2. The van der Waals surface area contributed by atoms with Gasteiger partial charge in [-0.1, -0.05) is 73.9 Å². The summed E-state index contributed by atoms with van der Waals surface area (Å²) in [5.41, 5.74) is 3.82. The third kappa shape index (κ3) is 8.60. The van der Waals surface area contributed by atoms with E-state index in [9.17, 15) is 18.0 Å². The highest BCUT2D eigenvalue weighted by Crippen LogP contribution is 2.26. The molecular weight excluding hydrogens is 562 g/mol. The van der Waals surface area contributed by atoms with E-state index in [4.69, 9.17) is 4.74 Å². The minimum atomic E-state index is -3.83. The number of sulfonamides is 1. The third-order valence-corrected chi connectivity index (χ3v) is 9.36. The standard InChI is InChI=1S/C34H43N3O5S/c1-25-13-11-20-31(26(25)2)37(43(4,40)41)24-33(38)36(23-28-16-12-19-30(21-28)42-3)32(22-27-14-7-5-8-15-27)34(39)35-29-17-9-6-10-18-29/h5,7-8,11-16,19-21,29,32H,6,9-10,17-18,22-24H2,1-4H3,(H,35,39). The van der Waals surface area contributed by atoms with Crippen molar-refractivity contribution < 1.29 is 22.7 Å². The first-order valence-corrected chi connectivity index (χ1v) is 16.7. The quantitative estimate of drug-likeness (QED) is 0.308. The number of hydrogen-bond acceptors (Lipinski definition) is 5. The molecule has 3 aromatic carbocycles. The Morgan fingerprint density at radius 2 is 1.60 bits per heavy atom. The van der Waals surface area contributed by atoms with Gasteiger partial charge in [-0.05, 0) is 67.1 Å². The fourth-order valence-corrected chi connectivity index (χ4v) is 6.57. The van der Waals surface area contributed by atoms with Gasteiger partial charge < -0.3 is 15.0 Å². The minimum absolute atomic E-state index is 0.0516. The van der Waals surface area contributed by atoms with E-state index in [0.29, 0.717) is 11.4 Å². The molecule has 0 radical (unpaired) electrons. The molecule has 1 aliphatic carbocycles. The first kappa shape index (κ1) is 32.1. The van der Waals surface area contributed by atoms with E-state index in [1.54, 1.807) is 19.2 Å². The Balaban J connectivity index is 1.75. The molecule has 1 N–H and O–H groups in total. The number of aryl methyl sites for hydroxylation is 1. The van der Waals surface area contributed by atoms with Crippen LogP contribution in [-0.4, -0.2) is 57.1 Å². The van der Waals surface area contributed by atoms with Crippen LogP contribution in [0.5, 0.6) is 5.75 Å². The maximum Gasteiger partial charge on any atom is 0.244 e. The second-order valence-corrected chi connectivity index (χ2v) is 13.3. The first-order chi connectivity index (χ1) is 20.6. The highest BCUT2D eigenvalue weighted by atomic mass is 32.2. The van der Waals surface area contributed by atoms with Crippen LogP contribution in [0.3, 0.4) is 0 Å². The molecule has 0 aromatic heterocycles. The normalized spacial score (nSPS) is 14.5. The molecule has 9 heteroatoms. The van der Waals surface area contributed by atoms with Crippen molar-refractivity contribution in [1.29, 1.82) is 0 Å². The number of hydrogen-bond donors (Lipinski definition) is 1. The Hall–Kier alpha value is -3.85. The van der Waals surface area contributed by atoms with Gasteiger partial charge in [0.2, 0.25) is 21.8 Å². The van der Waals surface area contributed by atoms with Gasteiger partial charge in [0.1, 0.15) is 18.3 Å². The SMILES string of the molecule is COc1cccc(CN(C(=O)CN(c2cccc(C)c2C)S(C)(=O)=O)C(Cc2ccccc2)C(=O)NC2CCCCC2)c1. The van der Waals surface area contributed by atoms with Crippen LogP contribution in [0.4, 0.5) is 5.69 Å². The number of anilines is 1. The van der Waals surface area contributed by atoms with Gasteiger partial charge in [0, 0.05) is 19.0 Å². The largest absolute Gasteiger partial charge is 0.497 e. The van der Waals surface area contributed by atoms with Crippen molar-refractivity contribution in [2.45, 2.75) is 71.0 Å². The molecule has 4 rings (SSSR count). The smallest absolute Gasteiger partial charge is 0.244 e. The summed E-state index contributed by atoms with van der Waals surface area (Å²) in [5, 5.41) is 3.23. The van der Waals surface area contributed by atoms with Gasteiger partial charge in [0.25, 0.3) is 0 Å². The van der Waals surface area contributed by atoms with Gasteiger partial charge in [0.05, 0.1) is 19.1 Å². The van der Waals surface area contributed by atoms with Gasteiger partial charge in [0.15, 0.2) is 0 Å². The Morgan fingerprint density at radius 1 is 0.930 bits per heavy atom. The highest BCUT2D eigenvalue weighted by Gasteiger charge is 2.34. The Labute approximate surface area is 256 Å². The van der Waals surface area contributed by atoms with E-state index < -0.39 is 28.5 Å². The molecule has 1 aliphatic rings. The van der Waals surface area contributed by atoms with E-state index in [2.05, 4.69) is 5.32 Å². The van der Waals surface area contributed by atoms with Crippen molar-refractivity contribution in [3.8, 4) is 5.75 Å². The van der Waals surface area contributed by atoms with Crippen LogP contribution < -0.4 is 14.4 Å². The van der Waals surface area contributed by atoms with E-state index in [-0.39, 0.29) is 24.9 Å². The summed E-state index contributed by atoms with van der Waals surface area (Å²) >= 11 is 0. The van der Waals surface area contributed by atoms with Gasteiger partial charge in [-0.25, -0.2) is 8.42 Å². The Bertz CT molecular complexity index is 1500. The van der Waals surface area contributed by atoms with Crippen molar-refractivity contribution in [1.82, 2.24) is 10.2 Å². The molecule has 230 valence electrons. The lowest BCUT2D eigenvalue weighted by atomic mass is 9.94. The summed E-state index contributed by atoms with van der Waals surface area (Å²) in [6.07, 6.45) is 6.47. The van der Waals surface area contributed by atoms with Crippen LogP contribution in [-0.2, 0) is 32.6 Å². The number of nitrogens with one attached hydrogen (secondary N) is 1. The summed E-state index contributed by atoms with van der Waals surface area (Å²) in [5.74, 6) is -0.0668. The fraction of sp³-hybridized carbons (Fsp3) is 0.412. The molecular formula is C34H43N3O5S. The lowest BCUT2D eigenvalue weighted by Gasteiger charge is -2.35. The molecule has 0 heterocycles. The Morgan fingerprint density at radius 3 is 2.28 bits per heavy atom. The maximum atomic E-state index is 14.4. The summed E-state index contributed by atoms with van der Waals surface area (Å²) in [4.78, 5) is 30.0. The Kier molecular flexibility index (Phi) is 10.9. The minimum Gasteiger partial charge on any atom is -0.497 e. The zero-order valence-corrected chi connectivity index (χ0v) is 26.4. The number of methoxy groups -OCH3 is 1. The first-order valence-electron chi connectivity index (χ1n) is 14.9. The summed E-state index contributed by atoms with van der Waals surface area (Å²) in [6.45, 7) is 3.42. The molecule has 3 aromatic rings. The predicted molar refractivity (Wildman–Crippen MR) is 171 cm³/mol. The molecule has 2 amide bonds. The van der Waals surface area contributed by atoms with Crippen molar-refractivity contribution in [3.05, 3.63) is 95.1 Å². The molecule has 0 spiro atoms. The number of carbonyl (C=O) groups excluding carboxylic acids is 2. The number of nitrogens with zero attached hydrogens (tertiary/aromatic N) is 2. The molecule has 8 nitrogen and oxygen atoms in total. The molecule has 0 aliphatic heterocycles. The summed E-state index contributed by atoms with van der Waals surface area (Å²) in [7, 11) is -2.26. The molecule has 0 saturated heterocycles. The maximum absolute atomic E-state index is 14.4. The summed E-state index contributed by atoms with van der Waals surface area (Å²) < 4.78 is 32.8. The molecule has 1 atom stereocenters. The second kappa shape index (κ2) is 14.6. The van der Waals surface area contributed by atoms with Crippen LogP contribution in [0.1, 0.15) is 54.4 Å². The van der Waals surface area contributed by atoms with Gasteiger partial charge >= 0.3 is 0 Å². The zero-order valence-electron chi connectivity index (χ0n) is 25.6. The second-order valence-electron chi connectivity index (χ2n) is 11.4. The van der Waals surface area contributed by atoms with Crippen molar-refractivity contribution in [2.75, 3.05) is 24.2 Å². The van der Waals surface area contributed by atoms with E-state index in [0.717, 1.165) is 64.9 Å². The molecule has 0 bridgehead atoms. The number of ether oxygens (including phenoxy) is 1. The number of carbonyl (C=O) groups is 2. The van der Waals surface area contributed by atoms with Gasteiger partial charge in [-0.2, -0.15) is 0 Å². The number of rotatable bonds is 12. The fourth-order valence-electron chi connectivity index (χ4n) is 5.67. The van der Waals surface area contributed by atoms with Crippen molar-refractivity contribution in [2.24, 2.45) is 0 Å². The highest BCUT2D eigenvalue weighted by molar-refractivity contribution is 7.92. The van der Waals surface area contributed by atoms with E-state index in [1.165, 1.54) is 4.90 Å². The van der Waals surface area contributed by atoms with Crippen molar-refractivity contribution >= 4 is 27.5 Å². The van der Waals surface area contributed by atoms with Gasteiger partial charge in [-0.15, -0.1) is 0 Å². The third-order valence-electron chi connectivity index (χ3n) is 8.23. The average Bonchev–Trinajstić information content (AvgIpc) is 2.99. The van der Waals surface area contributed by atoms with E-state index in [1.807, 2.05) is 74.5 Å². The van der Waals surface area contributed by atoms with Gasteiger partial charge in [-0.3, -0.25) is 13.9 Å². The lowest BCUT2D eigenvalue weighted by molar-refractivity contribution is -0.140. The molecule has 1 saturated carbocycles. The number of benzene rings is 3. The molecule has 1 unspecified atom stereocenters. The van der Waals surface area contributed by atoms with E-state index >= 15 is 0 Å².